The van der Waals surface area contributed by atoms with Gasteiger partial charge in [0, 0.05) is 13.1 Å². The number of benzene rings is 1. The van der Waals surface area contributed by atoms with Gasteiger partial charge in [0.2, 0.25) is 0 Å². The fraction of sp³-hybridized carbons (Fsp3) is 0.500. The number of hydrogen-bond donors (Lipinski definition) is 3. The van der Waals surface area contributed by atoms with Crippen LogP contribution in [0.2, 0.25) is 0 Å². The van der Waals surface area contributed by atoms with E-state index in [9.17, 15) is 10.2 Å². The van der Waals surface area contributed by atoms with Gasteiger partial charge in [0.25, 0.3) is 0 Å². The molecule has 0 radical (unpaired) electrons. The number of aliphatic hydroxyl groups is 2. The lowest BCUT2D eigenvalue weighted by atomic mass is 10.1. The summed E-state index contributed by atoms with van der Waals surface area (Å²) in [5, 5.41) is 30.9. The number of nitriles is 1. The van der Waals surface area contributed by atoms with Crippen LogP contribution in [0, 0.1) is 11.3 Å². The number of ether oxygens (including phenoxy) is 1. The highest BCUT2D eigenvalue weighted by Crippen LogP contribution is 2.12. The third-order valence-corrected chi connectivity index (χ3v) is 2.34. The molecule has 1 atom stereocenters. The molecule has 0 aliphatic carbocycles. The van der Waals surface area contributed by atoms with Crippen molar-refractivity contribution in [1.29, 1.82) is 5.26 Å². The molecule has 1 unspecified atom stereocenters. The Kier molecular flexibility index (Phi) is 5.77. The van der Waals surface area contributed by atoms with Gasteiger partial charge in [0.15, 0.2) is 0 Å². The second-order valence-corrected chi connectivity index (χ2v) is 5.05. The summed E-state index contributed by atoms with van der Waals surface area (Å²) >= 11 is 0. The van der Waals surface area contributed by atoms with Crippen LogP contribution in [0.25, 0.3) is 0 Å². The average Bonchev–Trinajstić information content (AvgIpc) is 2.35. The Morgan fingerprint density at radius 2 is 2.21 bits per heavy atom. The lowest BCUT2D eigenvalue weighted by Gasteiger charge is -2.19. The third kappa shape index (κ3) is 6.77. The van der Waals surface area contributed by atoms with Crippen molar-refractivity contribution in [2.45, 2.75) is 25.6 Å². The molecular weight excluding hydrogens is 244 g/mol. The van der Waals surface area contributed by atoms with E-state index in [4.69, 9.17) is 10.00 Å². The van der Waals surface area contributed by atoms with E-state index in [1.165, 1.54) is 0 Å². The van der Waals surface area contributed by atoms with Crippen molar-refractivity contribution in [3.63, 3.8) is 0 Å². The van der Waals surface area contributed by atoms with E-state index in [0.29, 0.717) is 24.4 Å². The van der Waals surface area contributed by atoms with Crippen molar-refractivity contribution in [2.75, 3.05) is 19.7 Å². The van der Waals surface area contributed by atoms with Crippen LogP contribution in [-0.4, -0.2) is 41.6 Å². The number of nitrogens with zero attached hydrogens (tertiary/aromatic N) is 1. The maximum atomic E-state index is 9.70. The molecule has 1 aromatic carbocycles. The molecule has 1 rings (SSSR count). The van der Waals surface area contributed by atoms with Crippen LogP contribution in [0.3, 0.4) is 0 Å². The Morgan fingerprint density at radius 3 is 2.84 bits per heavy atom. The molecule has 104 valence electrons. The van der Waals surface area contributed by atoms with Gasteiger partial charge in [0.1, 0.15) is 18.5 Å². The van der Waals surface area contributed by atoms with Gasteiger partial charge in [-0.25, -0.2) is 0 Å². The Hall–Kier alpha value is -1.61. The first-order chi connectivity index (χ1) is 8.90. The lowest BCUT2D eigenvalue weighted by Crippen LogP contribution is -2.40. The van der Waals surface area contributed by atoms with Crippen LogP contribution in [0.5, 0.6) is 5.75 Å². The van der Waals surface area contributed by atoms with Gasteiger partial charge < -0.3 is 20.3 Å². The molecule has 19 heavy (non-hydrogen) atoms. The first kappa shape index (κ1) is 15.4. The third-order valence-electron chi connectivity index (χ3n) is 2.34. The molecule has 0 fully saturated rings. The minimum Gasteiger partial charge on any atom is -0.491 e. The van der Waals surface area contributed by atoms with Crippen molar-refractivity contribution in [2.24, 2.45) is 0 Å². The molecule has 0 saturated carbocycles. The van der Waals surface area contributed by atoms with Crippen molar-refractivity contribution in [1.82, 2.24) is 5.32 Å². The number of aliphatic hydroxyl groups excluding tert-OH is 1. The zero-order chi connectivity index (χ0) is 14.3. The molecule has 0 spiro atoms. The highest BCUT2D eigenvalue weighted by molar-refractivity contribution is 5.36. The molecule has 5 nitrogen and oxygen atoms in total. The molecule has 5 heteroatoms. The van der Waals surface area contributed by atoms with Gasteiger partial charge in [-0.3, -0.25) is 0 Å². The van der Waals surface area contributed by atoms with E-state index in [-0.39, 0.29) is 6.61 Å². The Balaban J connectivity index is 2.30. The predicted octanol–water partition coefficient (Wildman–Crippen LogP) is 0.658. The first-order valence-corrected chi connectivity index (χ1v) is 6.15. The van der Waals surface area contributed by atoms with Crippen LogP contribution in [0.1, 0.15) is 19.4 Å². The first-order valence-electron chi connectivity index (χ1n) is 6.15. The second kappa shape index (κ2) is 7.10. The molecule has 3 N–H and O–H groups in total. The Bertz CT molecular complexity index is 435. The minimum atomic E-state index is -0.804. The van der Waals surface area contributed by atoms with Crippen molar-refractivity contribution >= 4 is 0 Å². The maximum Gasteiger partial charge on any atom is 0.120 e. The monoisotopic (exact) mass is 264 g/mol. The van der Waals surface area contributed by atoms with E-state index in [0.717, 1.165) is 0 Å². The van der Waals surface area contributed by atoms with Crippen molar-refractivity contribution < 1.29 is 14.9 Å². The largest absolute Gasteiger partial charge is 0.491 e. The molecule has 0 bridgehead atoms. The van der Waals surface area contributed by atoms with Crippen LogP contribution in [0.4, 0.5) is 0 Å². The molecule has 0 aromatic heterocycles. The van der Waals surface area contributed by atoms with Crippen LogP contribution >= 0.6 is 0 Å². The van der Waals surface area contributed by atoms with Gasteiger partial charge in [-0.15, -0.1) is 0 Å². The van der Waals surface area contributed by atoms with E-state index in [1.54, 1.807) is 38.1 Å². The molecule has 0 aliphatic rings. The van der Waals surface area contributed by atoms with E-state index in [1.807, 2.05) is 6.07 Å². The number of rotatable bonds is 7. The Labute approximate surface area is 113 Å². The van der Waals surface area contributed by atoms with Crippen LogP contribution in [0.15, 0.2) is 24.3 Å². The van der Waals surface area contributed by atoms with Crippen molar-refractivity contribution in [3.05, 3.63) is 29.8 Å². The molecule has 0 amide bonds. The zero-order valence-corrected chi connectivity index (χ0v) is 11.3. The fourth-order valence-electron chi connectivity index (χ4n) is 1.45. The van der Waals surface area contributed by atoms with Gasteiger partial charge in [-0.1, -0.05) is 6.07 Å². The highest BCUT2D eigenvalue weighted by atomic mass is 16.5. The van der Waals surface area contributed by atoms with Gasteiger partial charge in [0.05, 0.1) is 17.2 Å². The fourth-order valence-corrected chi connectivity index (χ4v) is 1.45. The smallest absolute Gasteiger partial charge is 0.120 e. The van der Waals surface area contributed by atoms with Gasteiger partial charge in [-0.2, -0.15) is 5.26 Å². The average molecular weight is 264 g/mol. The molecular formula is C14H20N2O3. The lowest BCUT2D eigenvalue weighted by molar-refractivity contribution is 0.0665. The van der Waals surface area contributed by atoms with Crippen LogP contribution in [-0.2, 0) is 0 Å². The summed E-state index contributed by atoms with van der Waals surface area (Å²) in [5.41, 5.74) is -0.283. The summed E-state index contributed by atoms with van der Waals surface area (Å²) in [6, 6.07) is 8.80. The van der Waals surface area contributed by atoms with Gasteiger partial charge >= 0.3 is 0 Å². The summed E-state index contributed by atoms with van der Waals surface area (Å²) in [4.78, 5) is 0. The van der Waals surface area contributed by atoms with Crippen molar-refractivity contribution in [3.8, 4) is 11.8 Å². The zero-order valence-electron chi connectivity index (χ0n) is 11.3. The second-order valence-electron chi connectivity index (χ2n) is 5.05. The molecule has 0 aliphatic heterocycles. The topological polar surface area (TPSA) is 85.5 Å². The highest BCUT2D eigenvalue weighted by Gasteiger charge is 2.13. The maximum absolute atomic E-state index is 9.70. The summed E-state index contributed by atoms with van der Waals surface area (Å²) in [6.07, 6.45) is -0.673. The molecule has 0 heterocycles. The minimum absolute atomic E-state index is 0.133. The summed E-state index contributed by atoms with van der Waals surface area (Å²) < 4.78 is 5.39. The molecule has 0 saturated heterocycles. The standard InChI is InChI=1S/C14H20N2O3/c1-14(2,18)10-16-8-12(17)9-19-13-5-3-4-11(6-13)7-15/h3-6,12,16-18H,8-10H2,1-2H3. The van der Waals surface area contributed by atoms with E-state index < -0.39 is 11.7 Å². The quantitative estimate of drug-likeness (QED) is 0.673. The normalized spacial score (nSPS) is 12.8. The predicted molar refractivity (Wildman–Crippen MR) is 71.8 cm³/mol. The number of nitrogens with one attached hydrogen (secondary N) is 1. The van der Waals surface area contributed by atoms with Crippen LogP contribution < -0.4 is 10.1 Å². The summed E-state index contributed by atoms with van der Waals surface area (Å²) in [6.45, 7) is 4.25. The number of hydrogen-bond acceptors (Lipinski definition) is 5. The van der Waals surface area contributed by atoms with E-state index >= 15 is 0 Å². The summed E-state index contributed by atoms with van der Waals surface area (Å²) in [5.74, 6) is 0.556. The SMILES string of the molecule is CC(C)(O)CNCC(O)COc1cccc(C#N)c1. The molecule has 1 aromatic rings. The Morgan fingerprint density at radius 1 is 1.47 bits per heavy atom. The van der Waals surface area contributed by atoms with E-state index in [2.05, 4.69) is 5.32 Å². The van der Waals surface area contributed by atoms with Gasteiger partial charge in [-0.05, 0) is 32.0 Å². The summed E-state index contributed by atoms with van der Waals surface area (Å²) in [7, 11) is 0.